The first-order chi connectivity index (χ1) is 9.31. The number of aryl methyl sites for hydroxylation is 1. The minimum absolute atomic E-state index is 0.122. The van der Waals surface area contributed by atoms with Gasteiger partial charge in [-0.3, -0.25) is 4.79 Å². The molecule has 2 rings (SSSR count). The summed E-state index contributed by atoms with van der Waals surface area (Å²) in [6, 6.07) is 18.8. The predicted octanol–water partition coefficient (Wildman–Crippen LogP) is 3.07. The number of hydrogen-bond donors (Lipinski definition) is 1. The summed E-state index contributed by atoms with van der Waals surface area (Å²) in [5.74, 6) is -0.155. The molecule has 0 amide bonds. The molecule has 0 atom stereocenters. The number of carbonyl (C=O) groups is 1. The van der Waals surface area contributed by atoms with Gasteiger partial charge in [-0.15, -0.1) is 0 Å². The number of Topliss-reactive ketones (excluding diaryl/α,β-unsaturated/α-hetero) is 1. The van der Waals surface area contributed by atoms with Gasteiger partial charge in [0.1, 0.15) is 0 Å². The van der Waals surface area contributed by atoms with Crippen LogP contribution in [0, 0.1) is 0 Å². The molecule has 0 unspecified atom stereocenters. The van der Waals surface area contributed by atoms with Crippen LogP contribution in [0.3, 0.4) is 0 Å². The molecule has 3 nitrogen and oxygen atoms in total. The molecule has 2 aromatic rings. The Morgan fingerprint density at radius 3 is 2.11 bits per heavy atom. The lowest BCUT2D eigenvalue weighted by Crippen LogP contribution is -2.16. The summed E-state index contributed by atoms with van der Waals surface area (Å²) in [5, 5.41) is 12.2. The largest absolute Gasteiger partial charge is 0.410 e. The van der Waals surface area contributed by atoms with Crippen molar-refractivity contribution in [3.63, 3.8) is 0 Å². The number of oxime groups is 1. The van der Waals surface area contributed by atoms with Crippen molar-refractivity contribution in [1.82, 2.24) is 0 Å². The molecule has 3 heteroatoms. The molecule has 0 fully saturated rings. The number of ketones is 1. The minimum Gasteiger partial charge on any atom is -0.410 e. The van der Waals surface area contributed by atoms with Crippen molar-refractivity contribution in [2.24, 2.45) is 5.16 Å². The fraction of sp³-hybridized carbons (Fsp3) is 0.125. The van der Waals surface area contributed by atoms with Crippen LogP contribution in [0.25, 0.3) is 0 Å². The maximum Gasteiger partial charge on any atom is 0.185 e. The Labute approximate surface area is 112 Å². The topological polar surface area (TPSA) is 49.7 Å². The lowest BCUT2D eigenvalue weighted by Gasteiger charge is -2.04. The lowest BCUT2D eigenvalue weighted by atomic mass is 10.0. The Balaban J connectivity index is 2.03. The second kappa shape index (κ2) is 6.50. The van der Waals surface area contributed by atoms with Crippen molar-refractivity contribution in [3.05, 3.63) is 71.8 Å². The van der Waals surface area contributed by atoms with Gasteiger partial charge < -0.3 is 5.21 Å². The van der Waals surface area contributed by atoms with Gasteiger partial charge in [-0.1, -0.05) is 65.8 Å². The smallest absolute Gasteiger partial charge is 0.185 e. The summed E-state index contributed by atoms with van der Waals surface area (Å²) in [4.78, 5) is 12.1. The molecule has 19 heavy (non-hydrogen) atoms. The van der Waals surface area contributed by atoms with E-state index in [0.29, 0.717) is 18.4 Å². The number of benzene rings is 2. The first-order valence-corrected chi connectivity index (χ1v) is 6.16. The fourth-order valence-electron chi connectivity index (χ4n) is 1.89. The fourth-order valence-corrected chi connectivity index (χ4v) is 1.89. The molecule has 0 bridgehead atoms. The molecule has 0 aliphatic rings. The SMILES string of the molecule is O=C(CCc1ccccc1)/C(=N\O)c1ccccc1. The average Bonchev–Trinajstić information content (AvgIpc) is 2.48. The molecule has 0 heterocycles. The van der Waals surface area contributed by atoms with Crippen LogP contribution in [0.2, 0.25) is 0 Å². The monoisotopic (exact) mass is 253 g/mol. The summed E-state index contributed by atoms with van der Waals surface area (Å²) >= 11 is 0. The highest BCUT2D eigenvalue weighted by molar-refractivity contribution is 6.46. The Bertz CT molecular complexity index is 562. The Morgan fingerprint density at radius 1 is 0.947 bits per heavy atom. The van der Waals surface area contributed by atoms with Crippen molar-refractivity contribution in [2.45, 2.75) is 12.8 Å². The predicted molar refractivity (Wildman–Crippen MR) is 74.5 cm³/mol. The van der Waals surface area contributed by atoms with E-state index in [0.717, 1.165) is 5.56 Å². The molecule has 0 aliphatic heterocycles. The number of nitrogens with zero attached hydrogens (tertiary/aromatic N) is 1. The Hall–Kier alpha value is -2.42. The summed E-state index contributed by atoms with van der Waals surface area (Å²) in [6.45, 7) is 0. The van der Waals surface area contributed by atoms with Crippen molar-refractivity contribution in [3.8, 4) is 0 Å². The van der Waals surface area contributed by atoms with E-state index in [1.165, 1.54) is 0 Å². The number of rotatable bonds is 5. The van der Waals surface area contributed by atoms with Gasteiger partial charge in [-0.05, 0) is 12.0 Å². The highest BCUT2D eigenvalue weighted by Gasteiger charge is 2.14. The lowest BCUT2D eigenvalue weighted by molar-refractivity contribution is -0.113. The molecule has 1 N–H and O–H groups in total. The first-order valence-electron chi connectivity index (χ1n) is 6.16. The molecular formula is C16H15NO2. The Morgan fingerprint density at radius 2 is 1.53 bits per heavy atom. The maximum absolute atomic E-state index is 12.1. The van der Waals surface area contributed by atoms with E-state index in [-0.39, 0.29) is 11.5 Å². The molecule has 2 aromatic carbocycles. The van der Waals surface area contributed by atoms with Crippen molar-refractivity contribution < 1.29 is 10.0 Å². The Kier molecular flexibility index (Phi) is 4.45. The standard InChI is InChI=1S/C16H15NO2/c18-15(12-11-13-7-3-1-4-8-13)16(17-19)14-9-5-2-6-10-14/h1-10,19H,11-12H2/b17-16-. The molecular weight excluding hydrogens is 238 g/mol. The zero-order valence-corrected chi connectivity index (χ0v) is 10.5. The van der Waals surface area contributed by atoms with Gasteiger partial charge in [0.25, 0.3) is 0 Å². The molecule has 0 spiro atoms. The maximum atomic E-state index is 12.1. The van der Waals surface area contributed by atoms with Gasteiger partial charge in [0.15, 0.2) is 11.5 Å². The van der Waals surface area contributed by atoms with Crippen molar-refractivity contribution in [1.29, 1.82) is 0 Å². The summed E-state index contributed by atoms with van der Waals surface area (Å²) < 4.78 is 0. The van der Waals surface area contributed by atoms with E-state index in [1.54, 1.807) is 12.1 Å². The van der Waals surface area contributed by atoms with Gasteiger partial charge in [0, 0.05) is 12.0 Å². The van der Waals surface area contributed by atoms with E-state index < -0.39 is 0 Å². The van der Waals surface area contributed by atoms with Crippen LogP contribution >= 0.6 is 0 Å². The number of hydrogen-bond acceptors (Lipinski definition) is 3. The van der Waals surface area contributed by atoms with E-state index in [4.69, 9.17) is 5.21 Å². The van der Waals surface area contributed by atoms with Crippen molar-refractivity contribution >= 4 is 11.5 Å². The van der Waals surface area contributed by atoms with Gasteiger partial charge in [-0.25, -0.2) is 0 Å². The average molecular weight is 253 g/mol. The van der Waals surface area contributed by atoms with Crippen LogP contribution in [0.15, 0.2) is 65.8 Å². The highest BCUT2D eigenvalue weighted by atomic mass is 16.4. The highest BCUT2D eigenvalue weighted by Crippen LogP contribution is 2.07. The van der Waals surface area contributed by atoms with Crippen LogP contribution in [-0.2, 0) is 11.2 Å². The van der Waals surface area contributed by atoms with Crippen LogP contribution in [0.1, 0.15) is 17.5 Å². The summed E-state index contributed by atoms with van der Waals surface area (Å²) in [5.41, 5.74) is 1.86. The summed E-state index contributed by atoms with van der Waals surface area (Å²) in [7, 11) is 0. The molecule has 0 saturated carbocycles. The molecule has 0 aliphatic carbocycles. The molecule has 96 valence electrons. The molecule has 0 radical (unpaired) electrons. The van der Waals surface area contributed by atoms with E-state index >= 15 is 0 Å². The van der Waals surface area contributed by atoms with Crippen LogP contribution in [-0.4, -0.2) is 16.7 Å². The number of carbonyl (C=O) groups excluding carboxylic acids is 1. The van der Waals surface area contributed by atoms with E-state index in [1.807, 2.05) is 48.5 Å². The third-order valence-electron chi connectivity index (χ3n) is 2.89. The van der Waals surface area contributed by atoms with E-state index in [9.17, 15) is 4.79 Å². The normalized spacial score (nSPS) is 11.3. The van der Waals surface area contributed by atoms with Crippen LogP contribution in [0.4, 0.5) is 0 Å². The minimum atomic E-state index is -0.155. The second-order valence-electron chi connectivity index (χ2n) is 4.22. The van der Waals surface area contributed by atoms with Gasteiger partial charge in [-0.2, -0.15) is 0 Å². The van der Waals surface area contributed by atoms with Crippen LogP contribution < -0.4 is 0 Å². The molecule has 0 aromatic heterocycles. The van der Waals surface area contributed by atoms with E-state index in [2.05, 4.69) is 5.16 Å². The first kappa shape index (κ1) is 13.0. The summed E-state index contributed by atoms with van der Waals surface area (Å²) in [6.07, 6.45) is 0.976. The van der Waals surface area contributed by atoms with Gasteiger partial charge >= 0.3 is 0 Å². The third-order valence-corrected chi connectivity index (χ3v) is 2.89. The zero-order valence-electron chi connectivity index (χ0n) is 10.5. The van der Waals surface area contributed by atoms with Crippen LogP contribution in [0.5, 0.6) is 0 Å². The van der Waals surface area contributed by atoms with Crippen molar-refractivity contribution in [2.75, 3.05) is 0 Å². The molecule has 0 saturated heterocycles. The second-order valence-corrected chi connectivity index (χ2v) is 4.22. The van der Waals surface area contributed by atoms with Gasteiger partial charge in [0.05, 0.1) is 0 Å². The zero-order chi connectivity index (χ0) is 13.5. The quantitative estimate of drug-likeness (QED) is 0.506. The van der Waals surface area contributed by atoms with Gasteiger partial charge in [0.2, 0.25) is 0 Å². The third kappa shape index (κ3) is 3.52.